The Morgan fingerprint density at radius 2 is 2.40 bits per heavy atom. The maximum absolute atomic E-state index is 12.0. The quantitative estimate of drug-likeness (QED) is 0.760. The monoisotopic (exact) mass is 201 g/mol. The molecule has 0 bridgehead atoms. The molecule has 0 saturated heterocycles. The van der Waals surface area contributed by atoms with Crippen LogP contribution >= 0.6 is 0 Å². The molecule has 2 aromatic rings. The van der Waals surface area contributed by atoms with Crippen molar-refractivity contribution in [2.24, 2.45) is 0 Å². The third-order valence-corrected chi connectivity index (χ3v) is 2.90. The lowest BCUT2D eigenvalue weighted by Gasteiger charge is -2.24. The van der Waals surface area contributed by atoms with Crippen LogP contribution in [0.2, 0.25) is 0 Å². The molecular formula is C11H11N3O. The number of benzene rings is 1. The van der Waals surface area contributed by atoms with Gasteiger partial charge in [0.15, 0.2) is 0 Å². The van der Waals surface area contributed by atoms with E-state index >= 15 is 0 Å². The van der Waals surface area contributed by atoms with Crippen molar-refractivity contribution >= 4 is 16.8 Å². The van der Waals surface area contributed by atoms with E-state index in [1.807, 2.05) is 30.0 Å². The lowest BCUT2D eigenvalue weighted by atomic mass is 10.0. The summed E-state index contributed by atoms with van der Waals surface area (Å²) >= 11 is 0. The number of aromatic nitrogens is 2. The Bertz CT molecular complexity index is 544. The highest BCUT2D eigenvalue weighted by Gasteiger charge is 2.25. The van der Waals surface area contributed by atoms with Gasteiger partial charge >= 0.3 is 0 Å². The predicted molar refractivity (Wildman–Crippen MR) is 56.5 cm³/mol. The summed E-state index contributed by atoms with van der Waals surface area (Å²) in [5.74, 6) is 0.108. The first-order chi connectivity index (χ1) is 7.31. The maximum Gasteiger partial charge on any atom is 0.254 e. The SMILES string of the molecule is CCN1Cc2[nH]nc3cccc(c23)C1=O. The van der Waals surface area contributed by atoms with Crippen molar-refractivity contribution in [2.45, 2.75) is 13.5 Å². The van der Waals surface area contributed by atoms with Gasteiger partial charge in [-0.1, -0.05) is 6.07 Å². The summed E-state index contributed by atoms with van der Waals surface area (Å²) in [6, 6.07) is 5.67. The fraction of sp³-hybridized carbons (Fsp3) is 0.273. The summed E-state index contributed by atoms with van der Waals surface area (Å²) in [4.78, 5) is 13.8. The van der Waals surface area contributed by atoms with Crippen LogP contribution in [-0.2, 0) is 6.54 Å². The number of rotatable bonds is 1. The van der Waals surface area contributed by atoms with Gasteiger partial charge in [0, 0.05) is 11.9 Å². The fourth-order valence-electron chi connectivity index (χ4n) is 2.12. The molecule has 0 radical (unpaired) electrons. The molecule has 3 rings (SSSR count). The van der Waals surface area contributed by atoms with Gasteiger partial charge in [-0.15, -0.1) is 0 Å². The van der Waals surface area contributed by atoms with Crippen molar-refractivity contribution in [3.63, 3.8) is 0 Å². The summed E-state index contributed by atoms with van der Waals surface area (Å²) in [5.41, 5.74) is 2.69. The zero-order chi connectivity index (χ0) is 10.4. The molecular weight excluding hydrogens is 190 g/mol. The second-order valence-electron chi connectivity index (χ2n) is 3.72. The lowest BCUT2D eigenvalue weighted by molar-refractivity contribution is 0.0745. The second-order valence-corrected chi connectivity index (χ2v) is 3.72. The number of aromatic amines is 1. The highest BCUT2D eigenvalue weighted by Crippen LogP contribution is 2.27. The van der Waals surface area contributed by atoms with Crippen LogP contribution in [0.3, 0.4) is 0 Å². The van der Waals surface area contributed by atoms with E-state index in [1.54, 1.807) is 0 Å². The van der Waals surface area contributed by atoms with Crippen LogP contribution in [0.4, 0.5) is 0 Å². The molecule has 4 nitrogen and oxygen atoms in total. The Kier molecular flexibility index (Phi) is 1.59. The number of amides is 1. The molecule has 1 aliphatic heterocycles. The highest BCUT2D eigenvalue weighted by molar-refractivity contribution is 6.08. The third-order valence-electron chi connectivity index (χ3n) is 2.90. The van der Waals surface area contributed by atoms with E-state index in [-0.39, 0.29) is 5.91 Å². The topological polar surface area (TPSA) is 49.0 Å². The Hall–Kier alpha value is -1.84. The normalized spacial score (nSPS) is 15.0. The molecule has 4 heteroatoms. The van der Waals surface area contributed by atoms with Gasteiger partial charge in [-0.05, 0) is 19.1 Å². The van der Waals surface area contributed by atoms with Crippen LogP contribution in [0.5, 0.6) is 0 Å². The standard InChI is InChI=1S/C11H11N3O/c1-2-14-6-9-10-7(11(14)15)4-3-5-8(10)12-13-9/h3-5H,2,6H2,1H3,(H,12,13). The van der Waals surface area contributed by atoms with Crippen molar-refractivity contribution in [1.82, 2.24) is 15.1 Å². The third kappa shape index (κ3) is 1.02. The number of carbonyl (C=O) groups excluding carboxylic acids is 1. The molecule has 15 heavy (non-hydrogen) atoms. The summed E-state index contributed by atoms with van der Waals surface area (Å²) in [6.07, 6.45) is 0. The molecule has 1 aromatic heterocycles. The summed E-state index contributed by atoms with van der Waals surface area (Å²) in [5, 5.41) is 8.18. The molecule has 0 fully saturated rings. The van der Waals surface area contributed by atoms with Gasteiger partial charge in [0.2, 0.25) is 0 Å². The Balaban J connectivity index is 2.32. The van der Waals surface area contributed by atoms with Crippen molar-refractivity contribution < 1.29 is 4.79 Å². The first kappa shape index (κ1) is 8.47. The molecule has 0 unspecified atom stereocenters. The molecule has 0 aliphatic carbocycles. The van der Waals surface area contributed by atoms with E-state index in [2.05, 4.69) is 10.2 Å². The average Bonchev–Trinajstić information content (AvgIpc) is 2.68. The summed E-state index contributed by atoms with van der Waals surface area (Å²) in [7, 11) is 0. The van der Waals surface area contributed by atoms with Gasteiger partial charge in [-0.3, -0.25) is 9.89 Å². The van der Waals surface area contributed by atoms with E-state index in [0.717, 1.165) is 28.7 Å². The minimum absolute atomic E-state index is 0.108. The molecule has 1 amide bonds. The van der Waals surface area contributed by atoms with E-state index in [9.17, 15) is 4.79 Å². The molecule has 1 aliphatic rings. The minimum Gasteiger partial charge on any atom is -0.333 e. The number of carbonyl (C=O) groups is 1. The first-order valence-electron chi connectivity index (χ1n) is 5.06. The number of H-pyrrole nitrogens is 1. The largest absolute Gasteiger partial charge is 0.333 e. The van der Waals surface area contributed by atoms with Gasteiger partial charge in [-0.2, -0.15) is 5.10 Å². The first-order valence-corrected chi connectivity index (χ1v) is 5.06. The average molecular weight is 201 g/mol. The lowest BCUT2D eigenvalue weighted by Crippen LogP contribution is -2.33. The van der Waals surface area contributed by atoms with E-state index in [0.29, 0.717) is 6.54 Å². The fourth-order valence-corrected chi connectivity index (χ4v) is 2.12. The van der Waals surface area contributed by atoms with Crippen molar-refractivity contribution in [3.8, 4) is 0 Å². The summed E-state index contributed by atoms with van der Waals surface area (Å²) in [6.45, 7) is 3.36. The van der Waals surface area contributed by atoms with Crippen LogP contribution < -0.4 is 0 Å². The van der Waals surface area contributed by atoms with E-state index < -0.39 is 0 Å². The Morgan fingerprint density at radius 1 is 1.53 bits per heavy atom. The Labute approximate surface area is 86.9 Å². The predicted octanol–water partition coefficient (Wildman–Crippen LogP) is 1.54. The van der Waals surface area contributed by atoms with Crippen molar-refractivity contribution in [2.75, 3.05) is 6.54 Å². The van der Waals surface area contributed by atoms with Crippen LogP contribution in [-0.4, -0.2) is 27.5 Å². The molecule has 76 valence electrons. The maximum atomic E-state index is 12.0. The number of nitrogens with zero attached hydrogens (tertiary/aromatic N) is 2. The van der Waals surface area contributed by atoms with Crippen LogP contribution in [0.1, 0.15) is 23.0 Å². The summed E-state index contributed by atoms with van der Waals surface area (Å²) < 4.78 is 0. The van der Waals surface area contributed by atoms with Gasteiger partial charge in [-0.25, -0.2) is 0 Å². The number of nitrogens with one attached hydrogen (secondary N) is 1. The van der Waals surface area contributed by atoms with Gasteiger partial charge in [0.05, 0.1) is 23.3 Å². The molecule has 0 spiro atoms. The molecule has 1 aromatic carbocycles. The van der Waals surface area contributed by atoms with Crippen molar-refractivity contribution in [1.29, 1.82) is 0 Å². The van der Waals surface area contributed by atoms with Crippen LogP contribution in [0.25, 0.3) is 10.9 Å². The van der Waals surface area contributed by atoms with Crippen molar-refractivity contribution in [3.05, 3.63) is 29.5 Å². The van der Waals surface area contributed by atoms with Crippen LogP contribution in [0.15, 0.2) is 18.2 Å². The minimum atomic E-state index is 0.108. The van der Waals surface area contributed by atoms with Gasteiger partial charge < -0.3 is 4.90 Å². The van der Waals surface area contributed by atoms with Gasteiger partial charge in [0.25, 0.3) is 5.91 Å². The molecule has 0 saturated carbocycles. The van der Waals surface area contributed by atoms with E-state index in [1.165, 1.54) is 0 Å². The van der Waals surface area contributed by atoms with Crippen LogP contribution in [0, 0.1) is 0 Å². The molecule has 2 heterocycles. The van der Waals surface area contributed by atoms with Gasteiger partial charge in [0.1, 0.15) is 0 Å². The zero-order valence-electron chi connectivity index (χ0n) is 8.45. The zero-order valence-corrected chi connectivity index (χ0v) is 8.45. The highest BCUT2D eigenvalue weighted by atomic mass is 16.2. The number of hydrogen-bond donors (Lipinski definition) is 1. The smallest absolute Gasteiger partial charge is 0.254 e. The number of hydrogen-bond acceptors (Lipinski definition) is 2. The second kappa shape index (κ2) is 2.82. The molecule has 0 atom stereocenters. The molecule has 1 N–H and O–H groups in total. The van der Waals surface area contributed by atoms with E-state index in [4.69, 9.17) is 0 Å². The Morgan fingerprint density at radius 3 is 3.20 bits per heavy atom.